The molecule has 0 fully saturated rings. The topological polar surface area (TPSA) is 120 Å². The minimum Gasteiger partial charge on any atom is -0.457 e. The summed E-state index contributed by atoms with van der Waals surface area (Å²) >= 11 is 0. The molecule has 108 valence electrons. The fraction of sp³-hybridized carbons (Fsp3) is 0.0769. The molecule has 2 rings (SSSR count). The van der Waals surface area contributed by atoms with Crippen LogP contribution in [0.1, 0.15) is 10.5 Å². The molecule has 0 spiro atoms. The molecule has 0 aliphatic carbocycles. The van der Waals surface area contributed by atoms with Gasteiger partial charge in [-0.3, -0.25) is 19.9 Å². The molecule has 0 unspecified atom stereocenters. The standard InChI is InChI=1S/C13H12N4O4/c1-15-13(18)11-6-9(4-5-16-11)21-8-2-3-10(14)12(7-8)17(19)20/h2-7H,14H2,1H3,(H,15,18). The van der Waals surface area contributed by atoms with Crippen LogP contribution in [0.5, 0.6) is 11.5 Å². The third-order valence-corrected chi connectivity index (χ3v) is 2.63. The molecule has 3 N–H and O–H groups in total. The Bertz CT molecular complexity index is 702. The summed E-state index contributed by atoms with van der Waals surface area (Å²) in [5.74, 6) is 0.219. The monoisotopic (exact) mass is 288 g/mol. The van der Waals surface area contributed by atoms with Crippen LogP contribution in [-0.2, 0) is 0 Å². The SMILES string of the molecule is CNC(=O)c1cc(Oc2ccc(N)c([N+](=O)[O-])c2)ccn1. The maximum Gasteiger partial charge on any atom is 0.295 e. The van der Waals surface area contributed by atoms with Gasteiger partial charge in [-0.15, -0.1) is 0 Å². The predicted molar refractivity (Wildman–Crippen MR) is 75.2 cm³/mol. The molecular weight excluding hydrogens is 276 g/mol. The molecule has 1 aromatic carbocycles. The van der Waals surface area contributed by atoms with E-state index in [1.807, 2.05) is 0 Å². The summed E-state index contributed by atoms with van der Waals surface area (Å²) < 4.78 is 5.48. The van der Waals surface area contributed by atoms with Crippen molar-refractivity contribution in [2.24, 2.45) is 0 Å². The van der Waals surface area contributed by atoms with Crippen LogP contribution in [0.25, 0.3) is 0 Å². The van der Waals surface area contributed by atoms with Gasteiger partial charge in [0.1, 0.15) is 22.9 Å². The number of nitrogens with zero attached hydrogens (tertiary/aromatic N) is 2. The Balaban J connectivity index is 2.28. The number of carbonyl (C=O) groups is 1. The van der Waals surface area contributed by atoms with Gasteiger partial charge in [0.15, 0.2) is 0 Å². The van der Waals surface area contributed by atoms with E-state index in [1.54, 1.807) is 0 Å². The van der Waals surface area contributed by atoms with E-state index < -0.39 is 4.92 Å². The predicted octanol–water partition coefficient (Wildman–Crippen LogP) is 1.72. The van der Waals surface area contributed by atoms with Crippen LogP contribution < -0.4 is 15.8 Å². The van der Waals surface area contributed by atoms with Gasteiger partial charge in [0, 0.05) is 19.3 Å². The molecule has 21 heavy (non-hydrogen) atoms. The van der Waals surface area contributed by atoms with E-state index in [9.17, 15) is 14.9 Å². The van der Waals surface area contributed by atoms with Crippen molar-refractivity contribution in [3.05, 3.63) is 52.3 Å². The Morgan fingerprint density at radius 2 is 2.05 bits per heavy atom. The summed E-state index contributed by atoms with van der Waals surface area (Å²) in [5, 5.41) is 13.3. The molecule has 0 atom stereocenters. The number of hydrogen-bond donors (Lipinski definition) is 2. The molecule has 1 amide bonds. The first-order valence-electron chi connectivity index (χ1n) is 5.91. The number of nitrogens with one attached hydrogen (secondary N) is 1. The molecule has 0 aliphatic heterocycles. The smallest absolute Gasteiger partial charge is 0.295 e. The molecule has 8 heteroatoms. The van der Waals surface area contributed by atoms with E-state index in [0.29, 0.717) is 5.75 Å². The van der Waals surface area contributed by atoms with Crippen LogP contribution in [0.4, 0.5) is 11.4 Å². The van der Waals surface area contributed by atoms with Crippen LogP contribution in [0, 0.1) is 10.1 Å². The number of nitro groups is 1. The fourth-order valence-electron chi connectivity index (χ4n) is 1.61. The largest absolute Gasteiger partial charge is 0.457 e. The van der Waals surface area contributed by atoms with E-state index in [1.165, 1.54) is 43.6 Å². The number of ether oxygens (including phenoxy) is 1. The maximum atomic E-state index is 11.5. The van der Waals surface area contributed by atoms with Crippen molar-refractivity contribution in [1.29, 1.82) is 0 Å². The molecule has 0 saturated carbocycles. The Kier molecular flexibility index (Phi) is 3.98. The summed E-state index contributed by atoms with van der Waals surface area (Å²) in [7, 11) is 1.49. The highest BCUT2D eigenvalue weighted by molar-refractivity contribution is 5.92. The number of aromatic nitrogens is 1. The number of nitrogen functional groups attached to an aromatic ring is 1. The second-order valence-corrected chi connectivity index (χ2v) is 4.04. The van der Waals surface area contributed by atoms with Gasteiger partial charge in [-0.1, -0.05) is 0 Å². The number of nitro benzene ring substituents is 1. The van der Waals surface area contributed by atoms with Crippen molar-refractivity contribution in [2.75, 3.05) is 12.8 Å². The number of hydrogen-bond acceptors (Lipinski definition) is 6. The average Bonchev–Trinajstić information content (AvgIpc) is 2.48. The fourth-order valence-corrected chi connectivity index (χ4v) is 1.61. The number of carbonyl (C=O) groups excluding carboxylic acids is 1. The average molecular weight is 288 g/mol. The van der Waals surface area contributed by atoms with E-state index in [-0.39, 0.29) is 28.7 Å². The van der Waals surface area contributed by atoms with E-state index in [4.69, 9.17) is 10.5 Å². The van der Waals surface area contributed by atoms with Crippen molar-refractivity contribution < 1.29 is 14.5 Å². The van der Waals surface area contributed by atoms with E-state index >= 15 is 0 Å². The lowest BCUT2D eigenvalue weighted by Crippen LogP contribution is -2.18. The number of amides is 1. The van der Waals surface area contributed by atoms with Gasteiger partial charge < -0.3 is 15.8 Å². The van der Waals surface area contributed by atoms with Gasteiger partial charge in [0.05, 0.1) is 11.0 Å². The minimum atomic E-state index is -0.593. The Hall–Kier alpha value is -3.16. The number of pyridine rings is 1. The molecule has 0 radical (unpaired) electrons. The second kappa shape index (κ2) is 5.87. The van der Waals surface area contributed by atoms with Crippen molar-refractivity contribution in [2.45, 2.75) is 0 Å². The zero-order valence-electron chi connectivity index (χ0n) is 11.1. The summed E-state index contributed by atoms with van der Waals surface area (Å²) in [4.78, 5) is 25.6. The molecule has 1 aromatic heterocycles. The summed E-state index contributed by atoms with van der Waals surface area (Å²) in [6.07, 6.45) is 1.41. The lowest BCUT2D eigenvalue weighted by molar-refractivity contribution is -0.384. The number of anilines is 1. The number of nitrogens with two attached hydrogens (primary N) is 1. The second-order valence-electron chi connectivity index (χ2n) is 4.04. The highest BCUT2D eigenvalue weighted by atomic mass is 16.6. The lowest BCUT2D eigenvalue weighted by Gasteiger charge is -2.07. The zero-order valence-corrected chi connectivity index (χ0v) is 11.1. The molecule has 0 saturated heterocycles. The van der Waals surface area contributed by atoms with Crippen molar-refractivity contribution in [1.82, 2.24) is 10.3 Å². The molecular formula is C13H12N4O4. The molecule has 1 heterocycles. The van der Waals surface area contributed by atoms with Gasteiger partial charge in [0.2, 0.25) is 0 Å². The lowest BCUT2D eigenvalue weighted by atomic mass is 10.2. The van der Waals surface area contributed by atoms with Gasteiger partial charge in [-0.25, -0.2) is 0 Å². The molecule has 8 nitrogen and oxygen atoms in total. The van der Waals surface area contributed by atoms with Gasteiger partial charge in [-0.05, 0) is 18.2 Å². The van der Waals surface area contributed by atoms with Crippen LogP contribution in [0.15, 0.2) is 36.5 Å². The van der Waals surface area contributed by atoms with E-state index in [2.05, 4.69) is 10.3 Å². The number of benzene rings is 1. The highest BCUT2D eigenvalue weighted by Gasteiger charge is 2.13. The van der Waals surface area contributed by atoms with Gasteiger partial charge in [-0.2, -0.15) is 0 Å². The Morgan fingerprint density at radius 1 is 1.33 bits per heavy atom. The van der Waals surface area contributed by atoms with Crippen LogP contribution in [0.2, 0.25) is 0 Å². The normalized spacial score (nSPS) is 9.95. The first kappa shape index (κ1) is 14.3. The summed E-state index contributed by atoms with van der Waals surface area (Å²) in [5.41, 5.74) is 5.49. The Morgan fingerprint density at radius 3 is 2.71 bits per heavy atom. The molecule has 0 aliphatic rings. The molecule has 2 aromatic rings. The number of rotatable bonds is 4. The van der Waals surface area contributed by atoms with Crippen LogP contribution >= 0.6 is 0 Å². The zero-order chi connectivity index (χ0) is 15.4. The summed E-state index contributed by atoms with van der Waals surface area (Å²) in [6, 6.07) is 7.07. The van der Waals surface area contributed by atoms with Gasteiger partial charge >= 0.3 is 0 Å². The van der Waals surface area contributed by atoms with Crippen LogP contribution in [-0.4, -0.2) is 22.9 Å². The van der Waals surface area contributed by atoms with E-state index in [0.717, 1.165) is 0 Å². The quantitative estimate of drug-likeness (QED) is 0.502. The van der Waals surface area contributed by atoms with Crippen molar-refractivity contribution in [3.8, 4) is 11.5 Å². The first-order valence-corrected chi connectivity index (χ1v) is 5.91. The van der Waals surface area contributed by atoms with Crippen LogP contribution in [0.3, 0.4) is 0 Å². The van der Waals surface area contributed by atoms with Crippen molar-refractivity contribution >= 4 is 17.3 Å². The Labute approximate surface area is 119 Å². The first-order chi connectivity index (χ1) is 10.0. The third-order valence-electron chi connectivity index (χ3n) is 2.63. The minimum absolute atomic E-state index is 0.0492. The van der Waals surface area contributed by atoms with Gasteiger partial charge in [0.25, 0.3) is 11.6 Å². The summed E-state index contributed by atoms with van der Waals surface area (Å²) in [6.45, 7) is 0. The van der Waals surface area contributed by atoms with Crippen molar-refractivity contribution in [3.63, 3.8) is 0 Å². The highest BCUT2D eigenvalue weighted by Crippen LogP contribution is 2.29. The third kappa shape index (κ3) is 3.24. The molecule has 0 bridgehead atoms. The maximum absolute atomic E-state index is 11.5.